The van der Waals surface area contributed by atoms with Crippen LogP contribution in [0.1, 0.15) is 28.1 Å². The van der Waals surface area contributed by atoms with E-state index in [1.54, 1.807) is 0 Å². The van der Waals surface area contributed by atoms with Crippen LogP contribution in [0.3, 0.4) is 0 Å². The number of carbonyl (C=O) groups is 1. The molecule has 7 heteroatoms. The third-order valence-electron chi connectivity index (χ3n) is 3.76. The molecule has 108 valence electrons. The van der Waals surface area contributed by atoms with Crippen molar-refractivity contribution >= 4 is 27.9 Å². The van der Waals surface area contributed by atoms with Crippen LogP contribution < -0.4 is 16.4 Å². The number of primary amides is 1. The van der Waals surface area contributed by atoms with Crippen molar-refractivity contribution in [2.24, 2.45) is 5.73 Å². The van der Waals surface area contributed by atoms with Gasteiger partial charge in [0.2, 0.25) is 0 Å². The highest BCUT2D eigenvalue weighted by molar-refractivity contribution is 7.17. The number of anilines is 2. The predicted molar refractivity (Wildman–Crippen MR) is 80.9 cm³/mol. The molecule has 1 amide bonds. The van der Waals surface area contributed by atoms with Crippen LogP contribution in [0.4, 0.5) is 10.7 Å². The molecule has 4 N–H and O–H groups in total. The van der Waals surface area contributed by atoms with Crippen LogP contribution >= 0.6 is 11.3 Å². The number of nitrogens with two attached hydrogens (primary N) is 2. The maximum atomic E-state index is 11.6. The summed E-state index contributed by atoms with van der Waals surface area (Å²) in [7, 11) is 4.15. The van der Waals surface area contributed by atoms with E-state index in [0.717, 1.165) is 30.9 Å². The van der Waals surface area contributed by atoms with Crippen LogP contribution in [-0.2, 0) is 0 Å². The van der Waals surface area contributed by atoms with Gasteiger partial charge in [0.1, 0.15) is 15.9 Å². The Morgan fingerprint density at radius 3 is 2.50 bits per heavy atom. The van der Waals surface area contributed by atoms with E-state index in [1.165, 1.54) is 11.3 Å². The molecule has 0 atom stereocenters. The summed E-state index contributed by atoms with van der Waals surface area (Å²) in [5, 5.41) is 9.79. The van der Waals surface area contributed by atoms with E-state index < -0.39 is 5.91 Å². The van der Waals surface area contributed by atoms with Gasteiger partial charge < -0.3 is 21.3 Å². The molecular weight excluding hydrogens is 274 g/mol. The minimum Gasteiger partial charge on any atom is -0.396 e. The van der Waals surface area contributed by atoms with Crippen LogP contribution in [0.15, 0.2) is 0 Å². The maximum Gasteiger partial charge on any atom is 0.253 e. The fraction of sp³-hybridized carbons (Fsp3) is 0.538. The summed E-state index contributed by atoms with van der Waals surface area (Å²) in [6.07, 6.45) is 2.04. The van der Waals surface area contributed by atoms with E-state index in [1.807, 2.05) is 6.07 Å². The van der Waals surface area contributed by atoms with Gasteiger partial charge in [-0.25, -0.2) is 0 Å². The average molecular weight is 293 g/mol. The lowest BCUT2D eigenvalue weighted by atomic mass is 10.0. The van der Waals surface area contributed by atoms with Gasteiger partial charge in [0.25, 0.3) is 5.91 Å². The number of carbonyl (C=O) groups excluding carboxylic acids is 1. The zero-order valence-corrected chi connectivity index (χ0v) is 12.5. The van der Waals surface area contributed by atoms with Gasteiger partial charge in [0.15, 0.2) is 0 Å². The van der Waals surface area contributed by atoms with Crippen molar-refractivity contribution < 1.29 is 4.79 Å². The summed E-state index contributed by atoms with van der Waals surface area (Å²) < 4.78 is 0. The monoisotopic (exact) mass is 293 g/mol. The number of hydrogen-bond acceptors (Lipinski definition) is 6. The summed E-state index contributed by atoms with van der Waals surface area (Å²) in [5.41, 5.74) is 11.8. The summed E-state index contributed by atoms with van der Waals surface area (Å²) in [6.45, 7) is 1.68. The maximum absolute atomic E-state index is 11.6. The minimum absolute atomic E-state index is 0.217. The normalized spacial score (nSPS) is 16.4. The molecule has 0 radical (unpaired) electrons. The number of nitriles is 1. The lowest BCUT2D eigenvalue weighted by molar-refractivity contribution is 0.100. The van der Waals surface area contributed by atoms with Gasteiger partial charge in [-0.15, -0.1) is 11.3 Å². The minimum atomic E-state index is -0.565. The zero-order valence-electron chi connectivity index (χ0n) is 11.7. The molecule has 1 aromatic rings. The molecule has 1 aliphatic rings. The molecule has 20 heavy (non-hydrogen) atoms. The van der Waals surface area contributed by atoms with Crippen molar-refractivity contribution in [1.82, 2.24) is 4.90 Å². The van der Waals surface area contributed by atoms with Crippen molar-refractivity contribution in [3.05, 3.63) is 10.4 Å². The summed E-state index contributed by atoms with van der Waals surface area (Å²) in [4.78, 5) is 16.3. The molecular formula is C13H19N5OS. The molecule has 0 unspecified atom stereocenters. The third-order valence-corrected chi connectivity index (χ3v) is 4.93. The first-order chi connectivity index (χ1) is 9.45. The number of amides is 1. The molecule has 1 fully saturated rings. The van der Waals surface area contributed by atoms with Crippen molar-refractivity contribution in [1.29, 1.82) is 5.26 Å². The second-order valence-electron chi connectivity index (χ2n) is 5.18. The van der Waals surface area contributed by atoms with E-state index in [4.69, 9.17) is 16.7 Å². The molecule has 0 bridgehead atoms. The SMILES string of the molecule is CN(C)C1CCN(c2sc(C#N)c(N)c2C(N)=O)CC1. The summed E-state index contributed by atoms with van der Waals surface area (Å²) in [5.74, 6) is -0.565. The molecule has 6 nitrogen and oxygen atoms in total. The van der Waals surface area contributed by atoms with E-state index in [0.29, 0.717) is 16.5 Å². The Morgan fingerprint density at radius 2 is 2.05 bits per heavy atom. The van der Waals surface area contributed by atoms with Gasteiger partial charge in [-0.1, -0.05) is 0 Å². The lowest BCUT2D eigenvalue weighted by Crippen LogP contribution is -2.42. The first-order valence-corrected chi connectivity index (χ1v) is 7.31. The number of hydrogen-bond donors (Lipinski definition) is 2. The van der Waals surface area contributed by atoms with Crippen LogP contribution in [0.2, 0.25) is 0 Å². The van der Waals surface area contributed by atoms with Crippen LogP contribution in [0.25, 0.3) is 0 Å². The highest BCUT2D eigenvalue weighted by Crippen LogP contribution is 2.38. The Kier molecular flexibility index (Phi) is 4.16. The molecule has 2 rings (SSSR count). The first-order valence-electron chi connectivity index (χ1n) is 6.49. The van der Waals surface area contributed by atoms with Gasteiger partial charge in [0, 0.05) is 19.1 Å². The average Bonchev–Trinajstić information content (AvgIpc) is 2.75. The molecule has 0 aromatic carbocycles. The molecule has 0 aliphatic carbocycles. The topological polar surface area (TPSA) is 99.4 Å². The van der Waals surface area contributed by atoms with Crippen molar-refractivity contribution in [3.63, 3.8) is 0 Å². The van der Waals surface area contributed by atoms with E-state index in [-0.39, 0.29) is 5.69 Å². The second-order valence-corrected chi connectivity index (χ2v) is 6.18. The number of piperidine rings is 1. The van der Waals surface area contributed by atoms with Crippen molar-refractivity contribution in [2.75, 3.05) is 37.8 Å². The zero-order chi connectivity index (χ0) is 14.9. The number of thiophene rings is 1. The molecule has 0 spiro atoms. The van der Waals surface area contributed by atoms with Crippen LogP contribution in [0.5, 0.6) is 0 Å². The largest absolute Gasteiger partial charge is 0.396 e. The van der Waals surface area contributed by atoms with Crippen LogP contribution in [0, 0.1) is 11.3 Å². The Balaban J connectivity index is 2.26. The molecule has 0 saturated carbocycles. The van der Waals surface area contributed by atoms with E-state index in [2.05, 4.69) is 23.9 Å². The van der Waals surface area contributed by atoms with E-state index in [9.17, 15) is 4.79 Å². The Labute approximate surface area is 122 Å². The first kappa shape index (κ1) is 14.6. The van der Waals surface area contributed by atoms with Gasteiger partial charge in [0.05, 0.1) is 11.3 Å². The molecule has 1 saturated heterocycles. The highest BCUT2D eigenvalue weighted by atomic mass is 32.1. The Hall–Kier alpha value is -1.78. The molecule has 2 heterocycles. The predicted octanol–water partition coefficient (Wildman–Crippen LogP) is 0.831. The second kappa shape index (κ2) is 5.69. The number of nitrogen functional groups attached to an aromatic ring is 1. The fourth-order valence-corrected chi connectivity index (χ4v) is 3.64. The summed E-state index contributed by atoms with van der Waals surface area (Å²) in [6, 6.07) is 2.58. The van der Waals surface area contributed by atoms with Gasteiger partial charge in [-0.2, -0.15) is 5.26 Å². The quantitative estimate of drug-likeness (QED) is 0.860. The summed E-state index contributed by atoms with van der Waals surface area (Å²) >= 11 is 1.26. The number of nitrogens with zero attached hydrogens (tertiary/aromatic N) is 3. The number of rotatable bonds is 3. The fourth-order valence-electron chi connectivity index (χ4n) is 2.56. The van der Waals surface area contributed by atoms with Crippen molar-refractivity contribution in [3.8, 4) is 6.07 Å². The Morgan fingerprint density at radius 1 is 1.45 bits per heavy atom. The van der Waals surface area contributed by atoms with E-state index >= 15 is 0 Å². The Bertz CT molecular complexity index is 552. The van der Waals surface area contributed by atoms with Gasteiger partial charge in [-0.05, 0) is 26.9 Å². The molecule has 1 aromatic heterocycles. The standard InChI is InChI=1S/C13H19N5OS/c1-17(2)8-3-5-18(6-4-8)13-10(12(16)19)11(15)9(7-14)20-13/h8H,3-6,15H2,1-2H3,(H2,16,19). The van der Waals surface area contributed by atoms with Gasteiger partial charge in [-0.3, -0.25) is 4.79 Å². The smallest absolute Gasteiger partial charge is 0.253 e. The van der Waals surface area contributed by atoms with Crippen molar-refractivity contribution in [2.45, 2.75) is 18.9 Å². The van der Waals surface area contributed by atoms with Gasteiger partial charge >= 0.3 is 0 Å². The van der Waals surface area contributed by atoms with Crippen LogP contribution in [-0.4, -0.2) is 44.0 Å². The molecule has 1 aliphatic heterocycles. The lowest BCUT2D eigenvalue weighted by Gasteiger charge is -2.36. The highest BCUT2D eigenvalue weighted by Gasteiger charge is 2.27. The third kappa shape index (κ3) is 2.57.